The highest BCUT2D eigenvalue weighted by atomic mass is 19.4. The van der Waals surface area contributed by atoms with E-state index in [1.165, 1.54) is 12.1 Å². The molecule has 1 amide bonds. The Morgan fingerprint density at radius 3 is 2.44 bits per heavy atom. The lowest BCUT2D eigenvalue weighted by molar-refractivity contribution is -0.143. The zero-order valence-electron chi connectivity index (χ0n) is 21.7. The van der Waals surface area contributed by atoms with Crippen LogP contribution in [-0.2, 0) is 15.7 Å². The van der Waals surface area contributed by atoms with Gasteiger partial charge in [0.25, 0.3) is 5.91 Å². The topological polar surface area (TPSA) is 86.1 Å². The lowest BCUT2D eigenvalue weighted by atomic mass is 10.0. The molecule has 1 N–H and O–H groups in total. The number of ether oxygens (including phenoxy) is 1. The van der Waals surface area contributed by atoms with Crippen LogP contribution in [0.5, 0.6) is 0 Å². The number of aromatic nitrogens is 3. The summed E-state index contributed by atoms with van der Waals surface area (Å²) in [5.74, 6) is -0.652. The molecule has 0 aliphatic rings. The number of rotatable bonds is 10. The van der Waals surface area contributed by atoms with Crippen molar-refractivity contribution in [3.63, 3.8) is 0 Å². The van der Waals surface area contributed by atoms with E-state index in [2.05, 4.69) is 22.3 Å². The molecule has 0 spiro atoms. The summed E-state index contributed by atoms with van der Waals surface area (Å²) in [6.45, 7) is 4.28. The molecule has 2 aromatic carbocycles. The van der Waals surface area contributed by atoms with Crippen LogP contribution in [0.15, 0.2) is 67.0 Å². The number of benzene rings is 2. The minimum absolute atomic E-state index is 0.101. The van der Waals surface area contributed by atoms with Crippen molar-refractivity contribution >= 4 is 22.8 Å². The molecule has 0 fully saturated rings. The van der Waals surface area contributed by atoms with Crippen LogP contribution in [0.25, 0.3) is 22.2 Å². The normalized spacial score (nSPS) is 12.3. The molecule has 0 saturated heterocycles. The smallest absolute Gasteiger partial charge is 0.416 e. The van der Waals surface area contributed by atoms with Gasteiger partial charge in [-0.15, -0.1) is 0 Å². The number of nitrogens with zero attached hydrogens (tertiary/aromatic N) is 3. The molecule has 39 heavy (non-hydrogen) atoms. The van der Waals surface area contributed by atoms with Gasteiger partial charge >= 0.3 is 12.1 Å². The van der Waals surface area contributed by atoms with Crippen LogP contribution in [-0.4, -0.2) is 39.8 Å². The van der Waals surface area contributed by atoms with Crippen molar-refractivity contribution in [2.45, 2.75) is 45.3 Å². The third kappa shape index (κ3) is 6.63. The average Bonchev–Trinajstić information content (AvgIpc) is 3.34. The fourth-order valence-electron chi connectivity index (χ4n) is 4.36. The molecule has 1 atom stereocenters. The van der Waals surface area contributed by atoms with Crippen molar-refractivity contribution in [1.82, 2.24) is 20.1 Å². The molecule has 4 rings (SSSR count). The minimum Gasteiger partial charge on any atom is -0.466 e. The highest BCUT2D eigenvalue weighted by Gasteiger charge is 2.30. The van der Waals surface area contributed by atoms with Crippen molar-refractivity contribution in [1.29, 1.82) is 0 Å². The third-order valence-corrected chi connectivity index (χ3v) is 6.31. The molecule has 10 heteroatoms. The molecule has 4 aromatic rings. The maximum absolute atomic E-state index is 12.9. The zero-order valence-corrected chi connectivity index (χ0v) is 21.7. The summed E-state index contributed by atoms with van der Waals surface area (Å²) in [5, 5.41) is 8.12. The van der Waals surface area contributed by atoms with E-state index in [0.717, 1.165) is 41.4 Å². The van der Waals surface area contributed by atoms with E-state index in [4.69, 9.17) is 4.74 Å². The lowest BCUT2D eigenvalue weighted by Gasteiger charge is -2.19. The summed E-state index contributed by atoms with van der Waals surface area (Å²) in [6, 6.07) is 13.8. The molecule has 0 aliphatic carbocycles. The van der Waals surface area contributed by atoms with Gasteiger partial charge in [0.05, 0.1) is 42.0 Å². The quantitative estimate of drug-likeness (QED) is 0.243. The number of amides is 1. The summed E-state index contributed by atoms with van der Waals surface area (Å²) in [6.07, 6.45) is 0.819. The summed E-state index contributed by atoms with van der Waals surface area (Å²) in [4.78, 5) is 28.6. The van der Waals surface area contributed by atoms with Crippen molar-refractivity contribution in [2.24, 2.45) is 0 Å². The number of pyridine rings is 1. The van der Waals surface area contributed by atoms with E-state index in [1.54, 1.807) is 37.5 Å². The number of fused-ring (bicyclic) bond motifs is 1. The maximum atomic E-state index is 12.9. The molecular formula is C29H29F3N4O3. The van der Waals surface area contributed by atoms with E-state index in [9.17, 15) is 22.8 Å². The van der Waals surface area contributed by atoms with Gasteiger partial charge in [-0.25, -0.2) is 0 Å². The Balaban J connectivity index is 1.52. The van der Waals surface area contributed by atoms with E-state index < -0.39 is 11.7 Å². The Labute approximate surface area is 224 Å². The first kappa shape index (κ1) is 27.8. The number of hydrogen-bond acceptors (Lipinski definition) is 5. The van der Waals surface area contributed by atoms with Gasteiger partial charge in [0, 0.05) is 29.3 Å². The predicted octanol–water partition coefficient (Wildman–Crippen LogP) is 6.19. The molecule has 2 aromatic heterocycles. The number of nitrogens with one attached hydrogen (secondary N) is 1. The summed E-state index contributed by atoms with van der Waals surface area (Å²) in [5.41, 5.74) is 2.70. The minimum atomic E-state index is -4.38. The second kappa shape index (κ2) is 12.1. The van der Waals surface area contributed by atoms with Crippen LogP contribution in [0.3, 0.4) is 0 Å². The van der Waals surface area contributed by atoms with Crippen LogP contribution in [0.2, 0.25) is 0 Å². The molecule has 0 bridgehead atoms. The van der Waals surface area contributed by atoms with Crippen LogP contribution < -0.4 is 5.32 Å². The van der Waals surface area contributed by atoms with Crippen molar-refractivity contribution in [3.05, 3.63) is 83.7 Å². The van der Waals surface area contributed by atoms with Crippen LogP contribution in [0.4, 0.5) is 13.2 Å². The fourth-order valence-corrected chi connectivity index (χ4v) is 4.36. The Hall–Kier alpha value is -4.21. The molecule has 0 aliphatic heterocycles. The molecule has 1 unspecified atom stereocenters. The molecule has 0 radical (unpaired) electrons. The number of halogens is 3. The first-order valence-corrected chi connectivity index (χ1v) is 12.8. The number of carbonyl (C=O) groups excluding carboxylic acids is 2. The predicted molar refractivity (Wildman–Crippen MR) is 141 cm³/mol. The highest BCUT2D eigenvalue weighted by Crippen LogP contribution is 2.32. The monoisotopic (exact) mass is 538 g/mol. The Kier molecular flexibility index (Phi) is 8.63. The number of alkyl halides is 3. The van der Waals surface area contributed by atoms with Gasteiger partial charge < -0.3 is 10.1 Å². The van der Waals surface area contributed by atoms with Crippen LogP contribution >= 0.6 is 0 Å². The summed E-state index contributed by atoms with van der Waals surface area (Å²) < 4.78 is 45.4. The number of hydrogen-bond donors (Lipinski definition) is 1. The molecule has 204 valence electrons. The second-order valence-corrected chi connectivity index (χ2v) is 9.03. The van der Waals surface area contributed by atoms with Gasteiger partial charge in [0.2, 0.25) is 0 Å². The van der Waals surface area contributed by atoms with Crippen molar-refractivity contribution in [3.8, 4) is 11.3 Å². The van der Waals surface area contributed by atoms with Gasteiger partial charge in [-0.3, -0.25) is 19.3 Å². The fraction of sp³-hybridized carbons (Fsp3) is 0.310. The largest absolute Gasteiger partial charge is 0.466 e. The van der Waals surface area contributed by atoms with E-state index in [-0.39, 0.29) is 30.9 Å². The number of carbonyl (C=O) groups is 2. The molecule has 2 heterocycles. The Morgan fingerprint density at radius 2 is 1.79 bits per heavy atom. The standard InChI is InChI=1S/C29H29F3N4O3/c1-3-5-25(21-8-12-24(34-17-21)19-6-10-23(11-7-19)29(30,31)32)36-26-13-9-20(16-22(26)18-35-36)28(38)33-15-14-27(37)39-4-2/h6-13,16-18,25H,3-5,14-15H2,1-2H3,(H,33,38). The molecular weight excluding hydrogens is 509 g/mol. The Bertz CT molecular complexity index is 1430. The van der Waals surface area contributed by atoms with Crippen molar-refractivity contribution < 1.29 is 27.5 Å². The van der Waals surface area contributed by atoms with Crippen LogP contribution in [0.1, 0.15) is 60.6 Å². The van der Waals surface area contributed by atoms with Crippen LogP contribution in [0, 0.1) is 0 Å². The lowest BCUT2D eigenvalue weighted by Crippen LogP contribution is -2.26. The van der Waals surface area contributed by atoms with Crippen molar-refractivity contribution in [2.75, 3.05) is 13.2 Å². The van der Waals surface area contributed by atoms with Gasteiger partial charge in [0.15, 0.2) is 0 Å². The maximum Gasteiger partial charge on any atom is 0.416 e. The second-order valence-electron chi connectivity index (χ2n) is 9.03. The van der Waals surface area contributed by atoms with Gasteiger partial charge in [-0.05, 0) is 55.3 Å². The summed E-state index contributed by atoms with van der Waals surface area (Å²) >= 11 is 0. The van der Waals surface area contributed by atoms with Gasteiger partial charge in [-0.1, -0.05) is 31.5 Å². The number of esters is 1. The Morgan fingerprint density at radius 1 is 1.03 bits per heavy atom. The summed E-state index contributed by atoms with van der Waals surface area (Å²) in [7, 11) is 0. The zero-order chi connectivity index (χ0) is 28.0. The van der Waals surface area contributed by atoms with Gasteiger partial charge in [-0.2, -0.15) is 18.3 Å². The average molecular weight is 539 g/mol. The highest BCUT2D eigenvalue weighted by molar-refractivity contribution is 5.98. The first-order valence-electron chi connectivity index (χ1n) is 12.8. The SMILES string of the molecule is CCCC(c1ccc(-c2ccc(C(F)(F)F)cc2)nc1)n1ncc2cc(C(=O)NCCC(=O)OCC)ccc21. The molecule has 7 nitrogen and oxygen atoms in total. The van der Waals surface area contributed by atoms with Gasteiger partial charge in [0.1, 0.15) is 0 Å². The third-order valence-electron chi connectivity index (χ3n) is 6.31. The van der Waals surface area contributed by atoms with E-state index >= 15 is 0 Å². The first-order chi connectivity index (χ1) is 18.7. The van der Waals surface area contributed by atoms with E-state index in [0.29, 0.717) is 23.4 Å². The van der Waals surface area contributed by atoms with E-state index in [1.807, 2.05) is 16.8 Å². The molecule has 0 saturated carbocycles.